The van der Waals surface area contributed by atoms with Crippen LogP contribution in [0.3, 0.4) is 0 Å². The number of aryl methyl sites for hydroxylation is 1. The number of benzene rings is 2. The zero-order chi connectivity index (χ0) is 16.6. The molecule has 2 aromatic carbocycles. The van der Waals surface area contributed by atoms with E-state index in [0.29, 0.717) is 0 Å². The van der Waals surface area contributed by atoms with Crippen LogP contribution in [0.5, 0.6) is 0 Å². The Hall–Kier alpha value is -2.53. The van der Waals surface area contributed by atoms with Crippen molar-refractivity contribution in [1.82, 2.24) is 0 Å². The smallest absolute Gasteiger partial charge is 0.363 e. The molecular formula is C17H10ClF2NO2. The number of carbonyl (C=O) groups is 1. The minimum atomic E-state index is -1.10. The average molecular weight is 334 g/mol. The monoisotopic (exact) mass is 333 g/mol. The van der Waals surface area contributed by atoms with Crippen LogP contribution in [0.4, 0.5) is 8.78 Å². The van der Waals surface area contributed by atoms with Crippen molar-refractivity contribution in [3.63, 3.8) is 0 Å². The number of aliphatic imine (C=N–C) groups is 1. The molecule has 1 aliphatic rings. The van der Waals surface area contributed by atoms with Gasteiger partial charge >= 0.3 is 5.97 Å². The molecular weight excluding hydrogens is 324 g/mol. The van der Waals surface area contributed by atoms with Crippen molar-refractivity contribution in [3.05, 3.63) is 75.4 Å². The highest BCUT2D eigenvalue weighted by Gasteiger charge is 2.26. The first-order valence-corrected chi connectivity index (χ1v) is 7.06. The number of hydrogen-bond acceptors (Lipinski definition) is 3. The lowest BCUT2D eigenvalue weighted by molar-refractivity contribution is -0.129. The molecule has 3 rings (SSSR count). The van der Waals surface area contributed by atoms with E-state index >= 15 is 0 Å². The molecule has 0 spiro atoms. The fourth-order valence-electron chi connectivity index (χ4n) is 2.11. The molecule has 0 saturated carbocycles. The number of nitrogens with zero attached hydrogens (tertiary/aromatic N) is 1. The first-order valence-electron chi connectivity index (χ1n) is 6.69. The maximum atomic E-state index is 13.4. The summed E-state index contributed by atoms with van der Waals surface area (Å²) in [6, 6.07) is 9.08. The summed E-state index contributed by atoms with van der Waals surface area (Å²) in [6.45, 7) is 1.89. The van der Waals surface area contributed by atoms with Gasteiger partial charge in [-0.2, -0.15) is 0 Å². The van der Waals surface area contributed by atoms with E-state index in [4.69, 9.17) is 16.3 Å². The summed E-state index contributed by atoms with van der Waals surface area (Å²) >= 11 is 5.86. The molecule has 0 bridgehead atoms. The van der Waals surface area contributed by atoms with E-state index in [-0.39, 0.29) is 22.2 Å². The lowest BCUT2D eigenvalue weighted by Crippen LogP contribution is -2.07. The minimum absolute atomic E-state index is 0.0205. The standard InChI is InChI=1S/C17H10ClF2NO2/c1-9-4-2-3-5-10(9)6-15-17(22)23-16(21-15)11-7-13(19)14(20)8-12(11)18/h2-8H,1H3/b15-6-. The Bertz CT molecular complexity index is 875. The fourth-order valence-corrected chi connectivity index (χ4v) is 2.34. The SMILES string of the molecule is Cc1ccccc1/C=C1\N=C(c2cc(F)c(F)cc2Cl)OC1=O. The van der Waals surface area contributed by atoms with E-state index in [0.717, 1.165) is 23.3 Å². The van der Waals surface area contributed by atoms with Crippen molar-refractivity contribution < 1.29 is 18.3 Å². The fraction of sp³-hybridized carbons (Fsp3) is 0.0588. The van der Waals surface area contributed by atoms with Gasteiger partial charge in [0, 0.05) is 0 Å². The third kappa shape index (κ3) is 3.00. The summed E-state index contributed by atoms with van der Waals surface area (Å²) in [5, 5.41) is -0.0902. The maximum absolute atomic E-state index is 13.4. The Morgan fingerprint density at radius 3 is 2.61 bits per heavy atom. The van der Waals surface area contributed by atoms with Crippen molar-refractivity contribution in [1.29, 1.82) is 0 Å². The van der Waals surface area contributed by atoms with Gasteiger partial charge in [0.2, 0.25) is 5.90 Å². The third-order valence-electron chi connectivity index (χ3n) is 3.34. The van der Waals surface area contributed by atoms with E-state index in [1.807, 2.05) is 31.2 Å². The number of halogens is 3. The van der Waals surface area contributed by atoms with Crippen molar-refractivity contribution in [2.24, 2.45) is 4.99 Å². The van der Waals surface area contributed by atoms with Crippen LogP contribution in [0.25, 0.3) is 6.08 Å². The van der Waals surface area contributed by atoms with Gasteiger partial charge in [-0.15, -0.1) is 0 Å². The van der Waals surface area contributed by atoms with E-state index in [9.17, 15) is 13.6 Å². The van der Waals surface area contributed by atoms with Crippen LogP contribution in [0.15, 0.2) is 47.1 Å². The minimum Gasteiger partial charge on any atom is -0.402 e. The molecule has 2 aromatic rings. The zero-order valence-corrected chi connectivity index (χ0v) is 12.7. The molecule has 1 heterocycles. The van der Waals surface area contributed by atoms with Crippen molar-refractivity contribution in [2.45, 2.75) is 6.92 Å². The van der Waals surface area contributed by atoms with Crippen LogP contribution in [-0.2, 0) is 9.53 Å². The summed E-state index contributed by atoms with van der Waals surface area (Å²) in [4.78, 5) is 16.0. The summed E-state index contributed by atoms with van der Waals surface area (Å²) < 4.78 is 31.5. The molecule has 0 saturated heterocycles. The van der Waals surface area contributed by atoms with Crippen LogP contribution < -0.4 is 0 Å². The van der Waals surface area contributed by atoms with Gasteiger partial charge in [0.1, 0.15) is 0 Å². The molecule has 0 radical (unpaired) electrons. The number of cyclic esters (lactones) is 1. The number of ether oxygens (including phenoxy) is 1. The molecule has 23 heavy (non-hydrogen) atoms. The Morgan fingerprint density at radius 2 is 1.87 bits per heavy atom. The van der Waals surface area contributed by atoms with Crippen LogP contribution in [0.2, 0.25) is 5.02 Å². The molecule has 0 aromatic heterocycles. The van der Waals surface area contributed by atoms with Crippen LogP contribution >= 0.6 is 11.6 Å². The maximum Gasteiger partial charge on any atom is 0.363 e. The molecule has 0 fully saturated rings. The van der Waals surface area contributed by atoms with Crippen molar-refractivity contribution in [3.8, 4) is 0 Å². The lowest BCUT2D eigenvalue weighted by atomic mass is 10.1. The van der Waals surface area contributed by atoms with Gasteiger partial charge in [0.15, 0.2) is 17.3 Å². The molecule has 0 amide bonds. The second kappa shape index (κ2) is 5.93. The summed E-state index contributed by atoms with van der Waals surface area (Å²) in [7, 11) is 0. The Morgan fingerprint density at radius 1 is 1.17 bits per heavy atom. The largest absolute Gasteiger partial charge is 0.402 e. The number of esters is 1. The number of hydrogen-bond donors (Lipinski definition) is 0. The summed E-state index contributed by atoms with van der Waals surface area (Å²) in [5.74, 6) is -3.01. The summed E-state index contributed by atoms with van der Waals surface area (Å²) in [6.07, 6.45) is 1.57. The summed E-state index contributed by atoms with van der Waals surface area (Å²) in [5.41, 5.74) is 1.85. The van der Waals surface area contributed by atoms with Crippen LogP contribution in [0.1, 0.15) is 16.7 Å². The Labute approximate surface area is 135 Å². The van der Waals surface area contributed by atoms with Crippen molar-refractivity contribution in [2.75, 3.05) is 0 Å². The molecule has 6 heteroatoms. The highest BCUT2D eigenvalue weighted by molar-refractivity contribution is 6.34. The molecule has 3 nitrogen and oxygen atoms in total. The van der Waals surface area contributed by atoms with Crippen LogP contribution in [-0.4, -0.2) is 11.9 Å². The van der Waals surface area contributed by atoms with Gasteiger partial charge in [0.05, 0.1) is 10.6 Å². The van der Waals surface area contributed by atoms with Gasteiger partial charge in [-0.25, -0.2) is 18.6 Å². The number of rotatable bonds is 2. The van der Waals surface area contributed by atoms with E-state index < -0.39 is 17.6 Å². The number of carbonyl (C=O) groups excluding carboxylic acids is 1. The molecule has 0 unspecified atom stereocenters. The quantitative estimate of drug-likeness (QED) is 0.467. The van der Waals surface area contributed by atoms with E-state index in [1.165, 1.54) is 0 Å². The normalized spacial score (nSPS) is 15.7. The van der Waals surface area contributed by atoms with E-state index in [2.05, 4.69) is 4.99 Å². The Balaban J connectivity index is 2.03. The average Bonchev–Trinajstić information content (AvgIpc) is 2.86. The lowest BCUT2D eigenvalue weighted by Gasteiger charge is -2.03. The predicted octanol–water partition coefficient (Wildman–Crippen LogP) is 4.27. The van der Waals surface area contributed by atoms with Gasteiger partial charge in [-0.3, -0.25) is 0 Å². The Kier molecular flexibility index (Phi) is 3.96. The first-order chi connectivity index (χ1) is 11.0. The van der Waals surface area contributed by atoms with Gasteiger partial charge in [-0.05, 0) is 36.3 Å². The van der Waals surface area contributed by atoms with Crippen LogP contribution in [0, 0.1) is 18.6 Å². The second-order valence-electron chi connectivity index (χ2n) is 4.94. The first kappa shape index (κ1) is 15.4. The van der Waals surface area contributed by atoms with Crippen molar-refractivity contribution >= 4 is 29.5 Å². The second-order valence-corrected chi connectivity index (χ2v) is 5.35. The molecule has 1 aliphatic heterocycles. The van der Waals surface area contributed by atoms with Gasteiger partial charge < -0.3 is 4.74 Å². The molecule has 0 atom stereocenters. The topological polar surface area (TPSA) is 38.7 Å². The van der Waals surface area contributed by atoms with Gasteiger partial charge in [0.25, 0.3) is 0 Å². The van der Waals surface area contributed by atoms with Gasteiger partial charge in [-0.1, -0.05) is 35.9 Å². The van der Waals surface area contributed by atoms with E-state index in [1.54, 1.807) is 6.08 Å². The highest BCUT2D eigenvalue weighted by Crippen LogP contribution is 2.26. The zero-order valence-electron chi connectivity index (χ0n) is 11.9. The predicted molar refractivity (Wildman–Crippen MR) is 83.2 cm³/mol. The molecule has 0 aliphatic carbocycles. The molecule has 0 N–H and O–H groups in total. The molecule has 116 valence electrons. The third-order valence-corrected chi connectivity index (χ3v) is 3.65. The highest BCUT2D eigenvalue weighted by atomic mass is 35.5.